The van der Waals surface area contributed by atoms with Gasteiger partial charge in [0, 0.05) is 6.42 Å². The quantitative estimate of drug-likeness (QED) is 0.304. The van der Waals surface area contributed by atoms with E-state index in [1.807, 2.05) is 19.1 Å². The van der Waals surface area contributed by atoms with Crippen molar-refractivity contribution in [3.05, 3.63) is 86.7 Å². The number of nitrogens with zero attached hydrogens (tertiary/aromatic N) is 3. The first-order chi connectivity index (χ1) is 17.5. The predicted octanol–water partition coefficient (Wildman–Crippen LogP) is 5.23. The van der Waals surface area contributed by atoms with E-state index >= 15 is 0 Å². The Bertz CT molecular complexity index is 1540. The van der Waals surface area contributed by atoms with Crippen molar-refractivity contribution < 1.29 is 18.7 Å². The third-order valence-electron chi connectivity index (χ3n) is 6.01. The number of anilines is 1. The highest BCUT2D eigenvalue weighted by Crippen LogP contribution is 2.44. The summed E-state index contributed by atoms with van der Waals surface area (Å²) in [7, 11) is 1.54. The lowest BCUT2D eigenvalue weighted by Gasteiger charge is -2.23. The number of benzene rings is 2. The first-order valence-electron chi connectivity index (χ1n) is 11.6. The van der Waals surface area contributed by atoms with Gasteiger partial charge in [-0.25, -0.2) is 0 Å². The summed E-state index contributed by atoms with van der Waals surface area (Å²) in [4.78, 5) is 29.0. The van der Waals surface area contributed by atoms with Gasteiger partial charge in [0.25, 0.3) is 5.91 Å². The molecule has 0 saturated heterocycles. The zero-order valence-electron chi connectivity index (χ0n) is 20.2. The van der Waals surface area contributed by atoms with Gasteiger partial charge in [-0.2, -0.15) is 0 Å². The number of ether oxygens (including phenoxy) is 2. The van der Waals surface area contributed by atoms with E-state index in [0.717, 1.165) is 23.4 Å². The van der Waals surface area contributed by atoms with Gasteiger partial charge >= 0.3 is 0 Å². The summed E-state index contributed by atoms with van der Waals surface area (Å²) >= 11 is 1.34. The molecule has 2 aromatic carbocycles. The van der Waals surface area contributed by atoms with Crippen LogP contribution in [0.25, 0.3) is 11.0 Å². The van der Waals surface area contributed by atoms with Gasteiger partial charge in [0.2, 0.25) is 10.9 Å². The van der Waals surface area contributed by atoms with Crippen LogP contribution >= 0.6 is 11.3 Å². The molecule has 0 saturated carbocycles. The fraction of sp³-hybridized carbons (Fsp3) is 0.259. The highest BCUT2D eigenvalue weighted by molar-refractivity contribution is 7.15. The normalized spacial score (nSPS) is 14.8. The number of aryl methyl sites for hydroxylation is 2. The molecule has 0 bridgehead atoms. The molecule has 184 valence electrons. The van der Waals surface area contributed by atoms with Crippen molar-refractivity contribution >= 4 is 33.3 Å². The van der Waals surface area contributed by atoms with Gasteiger partial charge in [0.05, 0.1) is 24.1 Å². The minimum Gasteiger partial charge on any atom is -0.493 e. The third kappa shape index (κ3) is 3.95. The van der Waals surface area contributed by atoms with E-state index < -0.39 is 11.9 Å². The van der Waals surface area contributed by atoms with Gasteiger partial charge in [-0.15, -0.1) is 10.2 Å². The number of rotatable bonds is 8. The molecule has 3 heterocycles. The number of methoxy groups -OCH3 is 1. The van der Waals surface area contributed by atoms with Crippen LogP contribution < -0.4 is 19.8 Å². The maximum absolute atomic E-state index is 13.8. The number of amides is 1. The molecule has 1 atom stereocenters. The summed E-state index contributed by atoms with van der Waals surface area (Å²) in [5.41, 5.74) is 1.97. The predicted molar refractivity (Wildman–Crippen MR) is 138 cm³/mol. The molecule has 9 heteroatoms. The van der Waals surface area contributed by atoms with Crippen molar-refractivity contribution in [1.82, 2.24) is 10.2 Å². The SMILES string of the molecule is C=CCOc1ccc(C2c3c(oc4ccc(C)cc4c3=O)C(=O)N2c2nnc(CCC)s2)cc1OC. The molecule has 5 rings (SSSR count). The topological polar surface area (TPSA) is 94.8 Å². The Kier molecular flexibility index (Phi) is 6.32. The van der Waals surface area contributed by atoms with E-state index in [1.54, 1.807) is 30.3 Å². The number of aromatic nitrogens is 2. The second kappa shape index (κ2) is 9.58. The second-order valence-electron chi connectivity index (χ2n) is 8.49. The van der Waals surface area contributed by atoms with E-state index in [-0.39, 0.29) is 16.8 Å². The fourth-order valence-corrected chi connectivity index (χ4v) is 5.35. The molecule has 0 fully saturated rings. The Morgan fingerprint density at radius 2 is 2.00 bits per heavy atom. The Balaban J connectivity index is 1.73. The van der Waals surface area contributed by atoms with Crippen molar-refractivity contribution in [2.75, 3.05) is 18.6 Å². The maximum Gasteiger partial charge on any atom is 0.297 e. The molecule has 1 aliphatic heterocycles. The smallest absolute Gasteiger partial charge is 0.297 e. The Morgan fingerprint density at radius 1 is 1.17 bits per heavy atom. The molecule has 1 unspecified atom stereocenters. The van der Waals surface area contributed by atoms with Crippen molar-refractivity contribution in [3.8, 4) is 11.5 Å². The summed E-state index contributed by atoms with van der Waals surface area (Å²) in [6.07, 6.45) is 3.30. The highest BCUT2D eigenvalue weighted by atomic mass is 32.1. The van der Waals surface area contributed by atoms with Gasteiger partial charge in [0.1, 0.15) is 17.2 Å². The van der Waals surface area contributed by atoms with Crippen molar-refractivity contribution in [2.24, 2.45) is 0 Å². The van der Waals surface area contributed by atoms with Gasteiger partial charge in [-0.1, -0.05) is 48.6 Å². The van der Waals surface area contributed by atoms with Crippen molar-refractivity contribution in [3.63, 3.8) is 0 Å². The van der Waals surface area contributed by atoms with Crippen molar-refractivity contribution in [2.45, 2.75) is 32.7 Å². The van der Waals surface area contributed by atoms with E-state index in [0.29, 0.717) is 39.8 Å². The molecule has 1 aliphatic rings. The molecule has 36 heavy (non-hydrogen) atoms. The monoisotopic (exact) mass is 503 g/mol. The number of carbonyl (C=O) groups is 1. The van der Waals surface area contributed by atoms with Crippen LogP contribution in [0.4, 0.5) is 5.13 Å². The van der Waals surface area contributed by atoms with E-state index in [2.05, 4.69) is 23.7 Å². The molecule has 2 aromatic heterocycles. The van der Waals surface area contributed by atoms with Crippen LogP contribution in [-0.4, -0.2) is 29.8 Å². The van der Waals surface area contributed by atoms with Gasteiger partial charge in [-0.3, -0.25) is 14.5 Å². The lowest BCUT2D eigenvalue weighted by Crippen LogP contribution is -2.29. The maximum atomic E-state index is 13.8. The molecule has 8 nitrogen and oxygen atoms in total. The Morgan fingerprint density at radius 3 is 2.75 bits per heavy atom. The van der Waals surface area contributed by atoms with Crippen LogP contribution in [0.1, 0.15) is 51.6 Å². The molecule has 0 aliphatic carbocycles. The third-order valence-corrected chi connectivity index (χ3v) is 6.99. The summed E-state index contributed by atoms with van der Waals surface area (Å²) in [6.45, 7) is 7.95. The summed E-state index contributed by atoms with van der Waals surface area (Å²) < 4.78 is 17.3. The molecule has 0 radical (unpaired) electrons. The first-order valence-corrected chi connectivity index (χ1v) is 12.4. The van der Waals surface area contributed by atoms with Crippen LogP contribution in [0.3, 0.4) is 0 Å². The average Bonchev–Trinajstić information content (AvgIpc) is 3.45. The van der Waals surface area contributed by atoms with Crippen LogP contribution in [0.15, 0.2) is 58.3 Å². The lowest BCUT2D eigenvalue weighted by molar-refractivity contribution is 0.0970. The van der Waals surface area contributed by atoms with Crippen LogP contribution in [0, 0.1) is 6.92 Å². The second-order valence-corrected chi connectivity index (χ2v) is 9.53. The average molecular weight is 504 g/mol. The number of hydrogen-bond acceptors (Lipinski definition) is 8. The van der Waals surface area contributed by atoms with E-state index in [4.69, 9.17) is 13.9 Å². The first kappa shape index (κ1) is 23.7. The fourth-order valence-electron chi connectivity index (χ4n) is 4.38. The van der Waals surface area contributed by atoms with Gasteiger partial charge < -0.3 is 13.9 Å². The van der Waals surface area contributed by atoms with E-state index in [1.165, 1.54) is 23.3 Å². The van der Waals surface area contributed by atoms with Crippen LogP contribution in [0.5, 0.6) is 11.5 Å². The molecular formula is C27H25N3O5S. The largest absolute Gasteiger partial charge is 0.493 e. The lowest BCUT2D eigenvalue weighted by atomic mass is 9.98. The summed E-state index contributed by atoms with van der Waals surface area (Å²) in [5.74, 6) is 0.582. The summed E-state index contributed by atoms with van der Waals surface area (Å²) in [5, 5.41) is 10.2. The number of carbonyl (C=O) groups excluding carboxylic acids is 1. The zero-order chi connectivity index (χ0) is 25.4. The van der Waals surface area contributed by atoms with Crippen LogP contribution in [-0.2, 0) is 6.42 Å². The zero-order valence-corrected chi connectivity index (χ0v) is 21.1. The standard InChI is InChI=1S/C27H25N3O5S/c1-5-7-21-28-29-27(36-21)30-23(16-9-11-19(34-12-6-2)20(14-16)33-4)22-24(31)17-13-15(3)8-10-18(17)35-25(22)26(30)32/h6,8-11,13-14,23H,2,5,7,12H2,1,3-4H3. The molecule has 0 spiro atoms. The van der Waals surface area contributed by atoms with E-state index in [9.17, 15) is 9.59 Å². The molecule has 4 aromatic rings. The molecule has 1 amide bonds. The number of fused-ring (bicyclic) bond motifs is 2. The Labute approximate surface area is 211 Å². The minimum absolute atomic E-state index is 0.0135. The summed E-state index contributed by atoms with van der Waals surface area (Å²) in [6, 6.07) is 9.92. The van der Waals surface area contributed by atoms with Gasteiger partial charge in [-0.05, 0) is 43.2 Å². The van der Waals surface area contributed by atoms with Crippen molar-refractivity contribution in [1.29, 1.82) is 0 Å². The molecular weight excluding hydrogens is 478 g/mol. The number of hydrogen-bond donors (Lipinski definition) is 0. The van der Waals surface area contributed by atoms with Gasteiger partial charge in [0.15, 0.2) is 16.9 Å². The molecule has 0 N–H and O–H groups in total. The Hall–Kier alpha value is -3.98. The highest BCUT2D eigenvalue weighted by Gasteiger charge is 2.45. The minimum atomic E-state index is -0.765. The van der Waals surface area contributed by atoms with Crippen LogP contribution in [0.2, 0.25) is 0 Å².